The van der Waals surface area contributed by atoms with E-state index in [1.54, 1.807) is 36.4 Å². The first-order valence-electron chi connectivity index (χ1n) is 11.9. The molecule has 0 saturated carbocycles. The van der Waals surface area contributed by atoms with Gasteiger partial charge < -0.3 is 35.6 Å². The molecule has 6 N–H and O–H groups in total. The number of aromatic carboxylic acids is 1. The molecule has 0 unspecified atom stereocenters. The Balaban J connectivity index is 0.000000253. The van der Waals surface area contributed by atoms with Crippen LogP contribution < -0.4 is 22.8 Å². The maximum atomic E-state index is 11.0. The molecular weight excluding hydrogens is 474 g/mol. The predicted molar refractivity (Wildman–Crippen MR) is 145 cm³/mol. The molecule has 2 saturated heterocycles. The summed E-state index contributed by atoms with van der Waals surface area (Å²) in [5, 5.41) is 8.84. The van der Waals surface area contributed by atoms with Crippen molar-refractivity contribution >= 4 is 37.0 Å². The van der Waals surface area contributed by atoms with Gasteiger partial charge in [-0.15, -0.1) is 0 Å². The predicted octanol–water partition coefficient (Wildman–Crippen LogP) is 2.93. The summed E-state index contributed by atoms with van der Waals surface area (Å²) in [6.07, 6.45) is 0. The molecule has 9 nitrogen and oxygen atoms in total. The lowest BCUT2D eigenvalue weighted by Crippen LogP contribution is -2.41. The quantitative estimate of drug-likeness (QED) is 0.529. The van der Waals surface area contributed by atoms with E-state index < -0.39 is 26.1 Å². The Labute approximate surface area is 219 Å². The number of benzene rings is 2. The van der Waals surface area contributed by atoms with Crippen LogP contribution in [0.5, 0.6) is 0 Å². The molecule has 0 spiro atoms. The second-order valence-electron chi connectivity index (χ2n) is 11.1. The molecule has 11 heteroatoms. The summed E-state index contributed by atoms with van der Waals surface area (Å²) in [4.78, 5) is 21.8. The molecule has 200 valence electrons. The smallest absolute Gasteiger partial charge is 0.478 e. The van der Waals surface area contributed by atoms with Gasteiger partial charge in [-0.3, -0.25) is 4.79 Å². The monoisotopic (exact) mass is 512 g/mol. The summed E-state index contributed by atoms with van der Waals surface area (Å²) in [5.74, 6) is -1.37. The van der Waals surface area contributed by atoms with Crippen LogP contribution in [0.15, 0.2) is 48.5 Å². The molecule has 37 heavy (non-hydrogen) atoms. The first kappa shape index (κ1) is 30.5. The SMILES string of the molecule is CC1(C)OB(c2ccc(C(=O)O)cc2)OC1(C)C.CC1(C)OB(c2ccc(C(N)=O)cc2)OC1(C)C.N. The number of hydrogen-bond acceptors (Lipinski definition) is 7. The van der Waals surface area contributed by atoms with Gasteiger partial charge in [0.1, 0.15) is 0 Å². The Hall–Kier alpha value is -2.69. The minimum atomic E-state index is -0.935. The number of carbonyl (C=O) groups is 2. The standard InChI is InChI=1S/C13H18BNO3.C13H17BO4.H3N/c2*1-12(2)13(3,4)18-14(17-12)10-7-5-9(6-8-10)11(15)16;/h5-8H,1-4H3,(H2,15,16);5-8H,1-4H3,(H,15,16);1H3. The number of carboxylic acids is 1. The number of rotatable bonds is 4. The van der Waals surface area contributed by atoms with Crippen molar-refractivity contribution in [3.63, 3.8) is 0 Å². The Morgan fingerprint density at radius 1 is 0.622 bits per heavy atom. The molecule has 0 atom stereocenters. The molecular formula is C26H38B2N2O7. The third-order valence-corrected chi connectivity index (χ3v) is 7.40. The summed E-state index contributed by atoms with van der Waals surface area (Å²) < 4.78 is 23.6. The molecule has 0 radical (unpaired) electrons. The molecule has 2 fully saturated rings. The van der Waals surface area contributed by atoms with Crippen LogP contribution in [0.3, 0.4) is 0 Å². The zero-order valence-electron chi connectivity index (χ0n) is 23.0. The second-order valence-corrected chi connectivity index (χ2v) is 11.1. The van der Waals surface area contributed by atoms with Gasteiger partial charge in [-0.2, -0.15) is 0 Å². The van der Waals surface area contributed by atoms with Crippen molar-refractivity contribution < 1.29 is 33.3 Å². The largest absolute Gasteiger partial charge is 0.494 e. The van der Waals surface area contributed by atoms with Crippen LogP contribution in [0, 0.1) is 0 Å². The van der Waals surface area contributed by atoms with Crippen LogP contribution in [0.1, 0.15) is 76.1 Å². The van der Waals surface area contributed by atoms with Gasteiger partial charge in [0.05, 0.1) is 28.0 Å². The molecule has 0 aromatic heterocycles. The van der Waals surface area contributed by atoms with Gasteiger partial charge in [0.15, 0.2) is 0 Å². The van der Waals surface area contributed by atoms with Crippen LogP contribution in [0.25, 0.3) is 0 Å². The van der Waals surface area contributed by atoms with Crippen molar-refractivity contribution in [1.82, 2.24) is 6.15 Å². The Morgan fingerprint density at radius 2 is 0.892 bits per heavy atom. The Morgan fingerprint density at radius 3 is 1.14 bits per heavy atom. The van der Waals surface area contributed by atoms with Crippen molar-refractivity contribution in [2.75, 3.05) is 0 Å². The van der Waals surface area contributed by atoms with Gasteiger partial charge in [-0.1, -0.05) is 24.3 Å². The third-order valence-electron chi connectivity index (χ3n) is 7.40. The van der Waals surface area contributed by atoms with Crippen molar-refractivity contribution in [3.05, 3.63) is 59.7 Å². The number of carbonyl (C=O) groups excluding carboxylic acids is 1. The van der Waals surface area contributed by atoms with E-state index in [1.807, 2.05) is 67.5 Å². The van der Waals surface area contributed by atoms with Gasteiger partial charge in [0.2, 0.25) is 5.91 Å². The zero-order valence-corrected chi connectivity index (χ0v) is 23.0. The fourth-order valence-corrected chi connectivity index (χ4v) is 3.55. The highest BCUT2D eigenvalue weighted by atomic mass is 16.7. The summed E-state index contributed by atoms with van der Waals surface area (Å²) in [6, 6.07) is 13.6. The first-order valence-corrected chi connectivity index (χ1v) is 11.9. The van der Waals surface area contributed by atoms with E-state index in [0.717, 1.165) is 10.9 Å². The molecule has 2 aliphatic heterocycles. The minimum Gasteiger partial charge on any atom is -0.478 e. The summed E-state index contributed by atoms with van der Waals surface area (Å²) in [7, 11) is -0.852. The van der Waals surface area contributed by atoms with E-state index in [1.165, 1.54) is 0 Å². The van der Waals surface area contributed by atoms with Crippen LogP contribution in [-0.2, 0) is 18.6 Å². The highest BCUT2D eigenvalue weighted by Crippen LogP contribution is 2.37. The average Bonchev–Trinajstić information content (AvgIpc) is 3.14. The van der Waals surface area contributed by atoms with Crippen LogP contribution in [-0.4, -0.2) is 53.6 Å². The third kappa shape index (κ3) is 6.42. The molecule has 2 aromatic carbocycles. The maximum absolute atomic E-state index is 11.0. The summed E-state index contributed by atoms with van der Waals surface area (Å²) >= 11 is 0. The van der Waals surface area contributed by atoms with E-state index in [-0.39, 0.29) is 34.1 Å². The van der Waals surface area contributed by atoms with E-state index >= 15 is 0 Å². The van der Waals surface area contributed by atoms with Gasteiger partial charge in [-0.05, 0) is 90.6 Å². The number of hydrogen-bond donors (Lipinski definition) is 3. The number of amides is 1. The lowest BCUT2D eigenvalue weighted by molar-refractivity contribution is 0.00578. The molecule has 2 aromatic rings. The molecule has 2 heterocycles. The molecule has 0 bridgehead atoms. The number of nitrogens with two attached hydrogens (primary N) is 1. The van der Waals surface area contributed by atoms with Gasteiger partial charge in [0, 0.05) is 5.56 Å². The molecule has 1 amide bonds. The molecule has 4 rings (SSSR count). The van der Waals surface area contributed by atoms with Crippen molar-refractivity contribution in [2.24, 2.45) is 5.73 Å². The maximum Gasteiger partial charge on any atom is 0.494 e. The minimum absolute atomic E-state index is 0. The number of primary amides is 1. The van der Waals surface area contributed by atoms with E-state index in [2.05, 4.69) is 0 Å². The Kier molecular flexibility index (Phi) is 8.74. The molecule has 2 aliphatic rings. The van der Waals surface area contributed by atoms with Crippen LogP contribution >= 0.6 is 0 Å². The molecule has 0 aliphatic carbocycles. The fourth-order valence-electron chi connectivity index (χ4n) is 3.55. The van der Waals surface area contributed by atoms with Gasteiger partial charge >= 0.3 is 20.2 Å². The van der Waals surface area contributed by atoms with E-state index in [9.17, 15) is 9.59 Å². The van der Waals surface area contributed by atoms with Crippen molar-refractivity contribution in [2.45, 2.75) is 77.8 Å². The summed E-state index contributed by atoms with van der Waals surface area (Å²) in [5.41, 5.74) is 6.17. The second kappa shape index (κ2) is 10.6. The summed E-state index contributed by atoms with van der Waals surface area (Å²) in [6.45, 7) is 16.0. The van der Waals surface area contributed by atoms with Crippen molar-refractivity contribution in [3.8, 4) is 0 Å². The van der Waals surface area contributed by atoms with Crippen LogP contribution in [0.4, 0.5) is 0 Å². The Bertz CT molecular complexity index is 995. The van der Waals surface area contributed by atoms with E-state index in [4.69, 9.17) is 29.5 Å². The van der Waals surface area contributed by atoms with Crippen LogP contribution in [0.2, 0.25) is 0 Å². The average molecular weight is 512 g/mol. The first-order chi connectivity index (χ1) is 16.5. The van der Waals surface area contributed by atoms with E-state index in [0.29, 0.717) is 5.56 Å². The topological polar surface area (TPSA) is 152 Å². The normalized spacial score (nSPS) is 20.4. The lowest BCUT2D eigenvalue weighted by Gasteiger charge is -2.32. The zero-order chi connectivity index (χ0) is 27.1. The van der Waals surface area contributed by atoms with Gasteiger partial charge in [-0.25, -0.2) is 4.79 Å². The lowest BCUT2D eigenvalue weighted by atomic mass is 9.79. The highest BCUT2D eigenvalue weighted by molar-refractivity contribution is 6.62. The fraction of sp³-hybridized carbons (Fsp3) is 0.462. The number of carboxylic acid groups (broad SMARTS) is 1. The highest BCUT2D eigenvalue weighted by Gasteiger charge is 2.52. The van der Waals surface area contributed by atoms with Gasteiger partial charge in [0.25, 0.3) is 0 Å². The van der Waals surface area contributed by atoms with Crippen molar-refractivity contribution in [1.29, 1.82) is 0 Å².